The van der Waals surface area contributed by atoms with E-state index in [1.807, 2.05) is 47.0 Å². The molecule has 0 saturated heterocycles. The third kappa shape index (κ3) is 2.12. The van der Waals surface area contributed by atoms with Crippen LogP contribution in [0.5, 0.6) is 0 Å². The number of thiazole rings is 1. The highest BCUT2D eigenvalue weighted by Gasteiger charge is 2.13. The van der Waals surface area contributed by atoms with E-state index in [2.05, 4.69) is 4.98 Å². The van der Waals surface area contributed by atoms with E-state index in [4.69, 9.17) is 0 Å². The molecule has 0 unspecified atom stereocenters. The van der Waals surface area contributed by atoms with Crippen LogP contribution < -0.4 is 0 Å². The molecule has 0 atom stereocenters. The van der Waals surface area contributed by atoms with Gasteiger partial charge in [-0.15, -0.1) is 0 Å². The lowest BCUT2D eigenvalue weighted by molar-refractivity contribution is 0.602. The lowest BCUT2D eigenvalue weighted by Crippen LogP contribution is -1.96. The van der Waals surface area contributed by atoms with Crippen molar-refractivity contribution in [2.24, 2.45) is 0 Å². The van der Waals surface area contributed by atoms with Crippen LogP contribution in [0.15, 0.2) is 59.6 Å². The number of hydrogen-bond acceptors (Lipinski definition) is 4. The lowest BCUT2D eigenvalue weighted by Gasteiger charge is -1.98. The number of hydrogen-bond donors (Lipinski definition) is 0. The minimum Gasteiger partial charge on any atom is -0.290 e. The maximum absolute atomic E-state index is 11.7. The zero-order valence-corrected chi connectivity index (χ0v) is 13.4. The van der Waals surface area contributed by atoms with Crippen LogP contribution in [0.3, 0.4) is 0 Å². The fraction of sp³-hybridized carbons (Fsp3) is 0.0625. The van der Waals surface area contributed by atoms with E-state index in [9.17, 15) is 8.42 Å². The van der Waals surface area contributed by atoms with Gasteiger partial charge in [0.1, 0.15) is 0 Å². The van der Waals surface area contributed by atoms with E-state index in [1.54, 1.807) is 12.1 Å². The van der Waals surface area contributed by atoms with Crippen LogP contribution in [-0.4, -0.2) is 24.1 Å². The third-order valence-electron chi connectivity index (χ3n) is 3.56. The van der Waals surface area contributed by atoms with Gasteiger partial charge < -0.3 is 0 Å². The summed E-state index contributed by atoms with van der Waals surface area (Å²) in [5, 5.41) is 0. The minimum absolute atomic E-state index is 0.341. The van der Waals surface area contributed by atoms with Crippen molar-refractivity contribution in [2.75, 3.05) is 6.26 Å². The predicted molar refractivity (Wildman–Crippen MR) is 89.1 cm³/mol. The van der Waals surface area contributed by atoms with Gasteiger partial charge in [-0.05, 0) is 18.2 Å². The fourth-order valence-electron chi connectivity index (χ4n) is 2.46. The summed E-state index contributed by atoms with van der Waals surface area (Å²) >= 11 is 1.49. The van der Waals surface area contributed by atoms with Crippen LogP contribution in [0, 0.1) is 0 Å². The van der Waals surface area contributed by atoms with Crippen molar-refractivity contribution < 1.29 is 8.42 Å². The quantitative estimate of drug-likeness (QED) is 0.565. The van der Waals surface area contributed by atoms with Gasteiger partial charge in [-0.2, -0.15) is 0 Å². The standard InChI is InChI=1S/C16H12N2O2S2/c1-22(19,20)12-7-8-14-15(9-12)21-16-17-13(10-18(14)16)11-5-3-2-4-6-11/h2-10H,1H3. The predicted octanol–water partition coefficient (Wildman–Crippen LogP) is 3.62. The highest BCUT2D eigenvalue weighted by atomic mass is 32.2. The highest BCUT2D eigenvalue weighted by Crippen LogP contribution is 2.30. The Balaban J connectivity index is 1.92. The maximum Gasteiger partial charge on any atom is 0.195 e. The zero-order valence-electron chi connectivity index (χ0n) is 11.7. The molecule has 2 heterocycles. The first kappa shape index (κ1) is 13.5. The number of nitrogens with zero attached hydrogens (tertiary/aromatic N) is 2. The summed E-state index contributed by atoms with van der Waals surface area (Å²) in [6.07, 6.45) is 3.21. The van der Waals surface area contributed by atoms with E-state index in [0.717, 1.165) is 26.4 Å². The van der Waals surface area contributed by atoms with Crippen molar-refractivity contribution in [1.29, 1.82) is 0 Å². The maximum atomic E-state index is 11.7. The Kier molecular flexibility index (Phi) is 2.85. The summed E-state index contributed by atoms with van der Waals surface area (Å²) in [5.74, 6) is 0. The van der Waals surface area contributed by atoms with Crippen LogP contribution >= 0.6 is 11.3 Å². The van der Waals surface area contributed by atoms with Gasteiger partial charge in [0.25, 0.3) is 0 Å². The average molecular weight is 328 g/mol. The largest absolute Gasteiger partial charge is 0.290 e. The normalized spacial score (nSPS) is 12.2. The number of aromatic nitrogens is 2. The highest BCUT2D eigenvalue weighted by molar-refractivity contribution is 7.90. The molecular formula is C16H12N2O2S2. The molecule has 4 aromatic rings. The summed E-state index contributed by atoms with van der Waals surface area (Å²) in [6.45, 7) is 0. The van der Waals surface area contributed by atoms with Crippen molar-refractivity contribution in [3.63, 3.8) is 0 Å². The van der Waals surface area contributed by atoms with E-state index in [0.29, 0.717) is 4.90 Å². The molecule has 2 aromatic heterocycles. The molecule has 22 heavy (non-hydrogen) atoms. The van der Waals surface area contributed by atoms with Crippen LogP contribution in [0.2, 0.25) is 0 Å². The molecule has 0 saturated carbocycles. The molecule has 0 radical (unpaired) electrons. The zero-order chi connectivity index (χ0) is 15.3. The number of rotatable bonds is 2. The van der Waals surface area contributed by atoms with Gasteiger partial charge >= 0.3 is 0 Å². The molecule has 0 amide bonds. The van der Waals surface area contributed by atoms with Gasteiger partial charge in [0.05, 0.1) is 20.8 Å². The van der Waals surface area contributed by atoms with Gasteiger partial charge in [-0.25, -0.2) is 13.4 Å². The Morgan fingerprint density at radius 2 is 1.86 bits per heavy atom. The first-order chi connectivity index (χ1) is 10.5. The van der Waals surface area contributed by atoms with Crippen LogP contribution in [0.25, 0.3) is 26.4 Å². The topological polar surface area (TPSA) is 51.4 Å². The van der Waals surface area contributed by atoms with Crippen LogP contribution in [-0.2, 0) is 9.84 Å². The van der Waals surface area contributed by atoms with Gasteiger partial charge in [-0.1, -0.05) is 41.7 Å². The Morgan fingerprint density at radius 1 is 1.09 bits per heavy atom. The summed E-state index contributed by atoms with van der Waals surface area (Å²) in [5.41, 5.74) is 2.96. The molecule has 0 aliphatic rings. The van der Waals surface area contributed by atoms with Crippen LogP contribution in [0.4, 0.5) is 0 Å². The monoisotopic (exact) mass is 328 g/mol. The number of benzene rings is 2. The van der Waals surface area contributed by atoms with Crippen molar-refractivity contribution in [3.8, 4) is 11.3 Å². The number of sulfone groups is 1. The molecule has 110 valence electrons. The lowest BCUT2D eigenvalue weighted by atomic mass is 10.2. The van der Waals surface area contributed by atoms with Crippen molar-refractivity contribution in [3.05, 3.63) is 54.7 Å². The molecule has 4 nitrogen and oxygen atoms in total. The van der Waals surface area contributed by atoms with E-state index < -0.39 is 9.84 Å². The molecular weight excluding hydrogens is 316 g/mol. The average Bonchev–Trinajstić information content (AvgIpc) is 3.04. The molecule has 4 rings (SSSR count). The van der Waals surface area contributed by atoms with Gasteiger partial charge in [0.2, 0.25) is 0 Å². The number of imidazole rings is 1. The molecule has 0 aliphatic heterocycles. The second kappa shape index (κ2) is 4.66. The molecule has 2 aromatic carbocycles. The Labute approximate surface area is 131 Å². The smallest absolute Gasteiger partial charge is 0.195 e. The van der Waals surface area contributed by atoms with E-state index >= 15 is 0 Å². The Hall–Kier alpha value is -2.18. The fourth-order valence-corrected chi connectivity index (χ4v) is 4.23. The molecule has 0 spiro atoms. The minimum atomic E-state index is -3.19. The van der Waals surface area contributed by atoms with Crippen molar-refractivity contribution >= 4 is 36.4 Å². The van der Waals surface area contributed by atoms with Crippen LogP contribution in [0.1, 0.15) is 0 Å². The van der Waals surface area contributed by atoms with Crippen molar-refractivity contribution in [1.82, 2.24) is 9.38 Å². The second-order valence-electron chi connectivity index (χ2n) is 5.15. The third-order valence-corrected chi connectivity index (χ3v) is 5.69. The van der Waals surface area contributed by atoms with Crippen molar-refractivity contribution in [2.45, 2.75) is 4.90 Å². The molecule has 0 fully saturated rings. The molecule has 0 bridgehead atoms. The summed E-state index contributed by atoms with van der Waals surface area (Å²) in [4.78, 5) is 5.85. The SMILES string of the molecule is CS(=O)(=O)c1ccc2c(c1)sc1nc(-c3ccccc3)cn12. The molecule has 0 aliphatic carbocycles. The summed E-state index contributed by atoms with van der Waals surface area (Å²) in [6, 6.07) is 15.2. The van der Waals surface area contributed by atoms with Gasteiger partial charge in [0, 0.05) is 18.0 Å². The van der Waals surface area contributed by atoms with E-state index in [1.165, 1.54) is 17.6 Å². The molecule has 6 heteroatoms. The Morgan fingerprint density at radius 3 is 2.59 bits per heavy atom. The second-order valence-corrected chi connectivity index (χ2v) is 8.17. The summed E-state index contributed by atoms with van der Waals surface area (Å²) < 4.78 is 26.2. The van der Waals surface area contributed by atoms with Gasteiger partial charge in [0.15, 0.2) is 14.8 Å². The Bertz CT molecular complexity index is 1090. The number of fused-ring (bicyclic) bond motifs is 3. The van der Waals surface area contributed by atoms with E-state index in [-0.39, 0.29) is 0 Å². The first-order valence-corrected chi connectivity index (χ1v) is 9.40. The molecule has 0 N–H and O–H groups in total. The summed E-state index contributed by atoms with van der Waals surface area (Å²) in [7, 11) is -3.19. The van der Waals surface area contributed by atoms with Gasteiger partial charge in [-0.3, -0.25) is 4.40 Å². The first-order valence-electron chi connectivity index (χ1n) is 6.69.